The molecule has 25 heavy (non-hydrogen) atoms. The van der Waals surface area contributed by atoms with E-state index in [2.05, 4.69) is 17.1 Å². The molecule has 0 radical (unpaired) electrons. The summed E-state index contributed by atoms with van der Waals surface area (Å²) in [6, 6.07) is 6.58. The Balaban J connectivity index is 1.52. The minimum Gasteiger partial charge on any atom is -0.497 e. The van der Waals surface area contributed by atoms with Gasteiger partial charge in [-0.1, -0.05) is 6.92 Å². The number of piperidine rings is 1. The number of hydrogen-bond donors (Lipinski definition) is 1. The van der Waals surface area contributed by atoms with Crippen molar-refractivity contribution in [1.29, 1.82) is 0 Å². The highest BCUT2D eigenvalue weighted by Crippen LogP contribution is 2.25. The number of rotatable bonds is 6. The molecule has 136 valence electrons. The van der Waals surface area contributed by atoms with Gasteiger partial charge in [0.1, 0.15) is 5.75 Å². The Kier molecular flexibility index (Phi) is 5.71. The van der Waals surface area contributed by atoms with Crippen LogP contribution in [0.5, 0.6) is 5.75 Å². The summed E-state index contributed by atoms with van der Waals surface area (Å²) in [5, 5.41) is 3.26. The number of carbonyl (C=O) groups is 2. The number of nitrogens with zero attached hydrogens (tertiary/aromatic N) is 2. The Bertz CT molecular complexity index is 609. The van der Waals surface area contributed by atoms with Gasteiger partial charge in [-0.2, -0.15) is 0 Å². The second-order valence-electron chi connectivity index (χ2n) is 7.00. The fraction of sp³-hybridized carbons (Fsp3) is 0.579. The number of carbonyl (C=O) groups excluding carboxylic acids is 2. The van der Waals surface area contributed by atoms with Gasteiger partial charge in [0.05, 0.1) is 25.3 Å². The van der Waals surface area contributed by atoms with E-state index in [4.69, 9.17) is 4.74 Å². The van der Waals surface area contributed by atoms with Gasteiger partial charge in [-0.05, 0) is 56.1 Å². The third-order valence-electron chi connectivity index (χ3n) is 5.17. The third kappa shape index (κ3) is 4.19. The average molecular weight is 345 g/mol. The Morgan fingerprint density at radius 1 is 1.16 bits per heavy atom. The predicted molar refractivity (Wildman–Crippen MR) is 96.7 cm³/mol. The van der Waals surface area contributed by atoms with Gasteiger partial charge in [0.2, 0.25) is 5.91 Å². The zero-order chi connectivity index (χ0) is 17.8. The summed E-state index contributed by atoms with van der Waals surface area (Å²) in [5.41, 5.74) is 0.602. The maximum Gasteiger partial charge on any atom is 0.251 e. The van der Waals surface area contributed by atoms with Crippen molar-refractivity contribution in [1.82, 2.24) is 10.2 Å². The lowest BCUT2D eigenvalue weighted by Gasteiger charge is -2.30. The molecule has 6 nitrogen and oxygen atoms in total. The van der Waals surface area contributed by atoms with Gasteiger partial charge in [-0.25, -0.2) is 4.90 Å². The smallest absolute Gasteiger partial charge is 0.251 e. The lowest BCUT2D eigenvalue weighted by atomic mass is 9.99. The van der Waals surface area contributed by atoms with Crippen molar-refractivity contribution in [3.05, 3.63) is 24.3 Å². The first kappa shape index (κ1) is 17.9. The molecule has 1 N–H and O–H groups in total. The minimum absolute atomic E-state index is 0.153. The van der Waals surface area contributed by atoms with Crippen LogP contribution in [0.3, 0.4) is 0 Å². The summed E-state index contributed by atoms with van der Waals surface area (Å²) in [4.78, 5) is 28.6. The number of methoxy groups -OCH3 is 1. The molecule has 0 bridgehead atoms. The van der Waals surface area contributed by atoms with Crippen molar-refractivity contribution in [2.24, 2.45) is 5.92 Å². The molecular formula is C19H27N3O3. The largest absolute Gasteiger partial charge is 0.497 e. The van der Waals surface area contributed by atoms with E-state index in [1.54, 1.807) is 31.4 Å². The van der Waals surface area contributed by atoms with E-state index in [1.165, 1.54) is 17.7 Å². The van der Waals surface area contributed by atoms with Crippen molar-refractivity contribution in [2.75, 3.05) is 38.2 Å². The molecule has 0 spiro atoms. The maximum atomic E-state index is 12.6. The molecule has 2 saturated heterocycles. The monoisotopic (exact) mass is 345 g/mol. The van der Waals surface area contributed by atoms with Crippen LogP contribution >= 0.6 is 0 Å². The normalized spacial score (nSPS) is 22.6. The van der Waals surface area contributed by atoms with Crippen LogP contribution in [-0.2, 0) is 9.59 Å². The zero-order valence-electron chi connectivity index (χ0n) is 15.0. The highest BCUT2D eigenvalue weighted by atomic mass is 16.5. The number of hydrogen-bond acceptors (Lipinski definition) is 5. The molecule has 0 aromatic heterocycles. The number of benzene rings is 1. The van der Waals surface area contributed by atoms with E-state index in [1.807, 2.05) is 0 Å². The Labute approximate surface area is 149 Å². The van der Waals surface area contributed by atoms with E-state index in [0.29, 0.717) is 11.4 Å². The molecule has 2 fully saturated rings. The SMILES string of the molecule is COc1ccc(N2C(=O)C[C@@H](NCCN3CCC(C)CC3)C2=O)cc1. The number of nitrogens with one attached hydrogen (secondary N) is 1. The standard InChI is InChI=1S/C19H27N3O3/c1-14-7-10-21(11-8-14)12-9-20-17-13-18(23)22(19(17)24)15-3-5-16(25-2)6-4-15/h3-6,14,17,20H,7-13H2,1-2H3/t17-/m1/s1. The highest BCUT2D eigenvalue weighted by Gasteiger charge is 2.39. The summed E-state index contributed by atoms with van der Waals surface area (Å²) in [7, 11) is 1.59. The maximum absolute atomic E-state index is 12.6. The van der Waals surface area contributed by atoms with E-state index in [0.717, 1.165) is 32.1 Å². The van der Waals surface area contributed by atoms with Crippen molar-refractivity contribution in [3.63, 3.8) is 0 Å². The van der Waals surface area contributed by atoms with Crippen molar-refractivity contribution in [3.8, 4) is 5.75 Å². The number of amides is 2. The molecule has 0 aliphatic carbocycles. The summed E-state index contributed by atoms with van der Waals surface area (Å²) >= 11 is 0. The Morgan fingerprint density at radius 3 is 2.48 bits per heavy atom. The Morgan fingerprint density at radius 2 is 1.84 bits per heavy atom. The van der Waals surface area contributed by atoms with Crippen LogP contribution in [0.1, 0.15) is 26.2 Å². The van der Waals surface area contributed by atoms with Crippen LogP contribution in [0.4, 0.5) is 5.69 Å². The van der Waals surface area contributed by atoms with Gasteiger partial charge < -0.3 is 15.0 Å². The van der Waals surface area contributed by atoms with Gasteiger partial charge in [0.25, 0.3) is 5.91 Å². The van der Waals surface area contributed by atoms with Crippen molar-refractivity contribution < 1.29 is 14.3 Å². The second-order valence-corrected chi connectivity index (χ2v) is 7.00. The van der Waals surface area contributed by atoms with Crippen LogP contribution in [0.25, 0.3) is 0 Å². The average Bonchev–Trinajstić information content (AvgIpc) is 2.90. The molecule has 2 amide bonds. The van der Waals surface area contributed by atoms with Gasteiger partial charge in [-0.15, -0.1) is 0 Å². The van der Waals surface area contributed by atoms with E-state index >= 15 is 0 Å². The molecule has 0 saturated carbocycles. The minimum atomic E-state index is -0.418. The van der Waals surface area contributed by atoms with Gasteiger partial charge in [0.15, 0.2) is 0 Å². The number of likely N-dealkylation sites (tertiary alicyclic amines) is 1. The molecule has 3 rings (SSSR count). The Hall–Kier alpha value is -1.92. The lowest BCUT2D eigenvalue weighted by Crippen LogP contribution is -2.43. The molecule has 1 aromatic carbocycles. The van der Waals surface area contributed by atoms with Crippen LogP contribution < -0.4 is 15.0 Å². The summed E-state index contributed by atoms with van der Waals surface area (Å²) in [5.74, 6) is 1.20. The van der Waals surface area contributed by atoms with Gasteiger partial charge in [-0.3, -0.25) is 9.59 Å². The molecule has 6 heteroatoms. The van der Waals surface area contributed by atoms with Gasteiger partial charge >= 0.3 is 0 Å². The molecule has 2 heterocycles. The molecule has 1 atom stereocenters. The first-order valence-corrected chi connectivity index (χ1v) is 9.05. The fourth-order valence-electron chi connectivity index (χ4n) is 3.48. The number of imide groups is 1. The van der Waals surface area contributed by atoms with Gasteiger partial charge in [0, 0.05) is 13.1 Å². The molecule has 2 aliphatic rings. The quantitative estimate of drug-likeness (QED) is 0.795. The van der Waals surface area contributed by atoms with E-state index < -0.39 is 6.04 Å². The number of anilines is 1. The highest BCUT2D eigenvalue weighted by molar-refractivity contribution is 6.22. The summed E-state index contributed by atoms with van der Waals surface area (Å²) < 4.78 is 5.12. The third-order valence-corrected chi connectivity index (χ3v) is 5.17. The lowest BCUT2D eigenvalue weighted by molar-refractivity contribution is -0.121. The van der Waals surface area contributed by atoms with Crippen LogP contribution in [-0.4, -0.2) is 56.0 Å². The first-order valence-electron chi connectivity index (χ1n) is 9.05. The summed E-state index contributed by atoms with van der Waals surface area (Å²) in [6.07, 6.45) is 2.71. The van der Waals surface area contributed by atoms with Crippen molar-refractivity contribution in [2.45, 2.75) is 32.2 Å². The van der Waals surface area contributed by atoms with E-state index in [-0.39, 0.29) is 18.2 Å². The molecular weight excluding hydrogens is 318 g/mol. The predicted octanol–water partition coefficient (Wildman–Crippen LogP) is 1.65. The van der Waals surface area contributed by atoms with Crippen molar-refractivity contribution >= 4 is 17.5 Å². The molecule has 1 aromatic rings. The van der Waals surface area contributed by atoms with Crippen LogP contribution in [0, 0.1) is 5.92 Å². The molecule has 2 aliphatic heterocycles. The topological polar surface area (TPSA) is 61.9 Å². The fourth-order valence-corrected chi connectivity index (χ4v) is 3.48. The molecule has 0 unspecified atom stereocenters. The zero-order valence-corrected chi connectivity index (χ0v) is 15.0. The second kappa shape index (κ2) is 7.97. The van der Waals surface area contributed by atoms with Crippen LogP contribution in [0.15, 0.2) is 24.3 Å². The van der Waals surface area contributed by atoms with Crippen LogP contribution in [0.2, 0.25) is 0 Å². The number of ether oxygens (including phenoxy) is 1. The first-order chi connectivity index (χ1) is 12.1. The summed E-state index contributed by atoms with van der Waals surface area (Å²) in [6.45, 7) is 6.20. The van der Waals surface area contributed by atoms with E-state index in [9.17, 15) is 9.59 Å².